The van der Waals surface area contributed by atoms with Crippen LogP contribution in [0.2, 0.25) is 0 Å². The van der Waals surface area contributed by atoms with Crippen molar-refractivity contribution in [2.75, 3.05) is 19.0 Å². The van der Waals surface area contributed by atoms with Gasteiger partial charge in [0.05, 0.1) is 6.54 Å². The Labute approximate surface area is 154 Å². The number of nitrogens with one attached hydrogen (secondary N) is 2. The highest BCUT2D eigenvalue weighted by Gasteiger charge is 2.31. The van der Waals surface area contributed by atoms with Crippen molar-refractivity contribution in [3.8, 4) is 0 Å². The van der Waals surface area contributed by atoms with Crippen LogP contribution in [0.4, 0.5) is 5.69 Å². The summed E-state index contributed by atoms with van der Waals surface area (Å²) in [4.78, 5) is 24.6. The minimum absolute atomic E-state index is 0.211. The van der Waals surface area contributed by atoms with Gasteiger partial charge in [-0.05, 0) is 37.0 Å². The minimum atomic E-state index is -0.684. The van der Waals surface area contributed by atoms with Crippen LogP contribution >= 0.6 is 0 Å². The first-order valence-corrected chi connectivity index (χ1v) is 8.69. The van der Waals surface area contributed by atoms with Crippen molar-refractivity contribution in [1.29, 1.82) is 0 Å². The molecule has 0 aliphatic rings. The van der Waals surface area contributed by atoms with Crippen LogP contribution in [-0.2, 0) is 19.9 Å². The average Bonchev–Trinajstić information content (AvgIpc) is 2.66. The molecule has 5 nitrogen and oxygen atoms in total. The van der Waals surface area contributed by atoms with Crippen molar-refractivity contribution < 1.29 is 14.3 Å². The van der Waals surface area contributed by atoms with Gasteiger partial charge in [0.2, 0.25) is 0 Å². The third kappa shape index (κ3) is 4.29. The Bertz CT molecular complexity index is 748. The Kier molecular flexibility index (Phi) is 6.52. The van der Waals surface area contributed by atoms with Gasteiger partial charge in [-0.25, -0.2) is 0 Å². The van der Waals surface area contributed by atoms with Crippen molar-refractivity contribution in [2.45, 2.75) is 32.8 Å². The monoisotopic (exact) mass is 354 g/mol. The van der Waals surface area contributed by atoms with E-state index in [1.807, 2.05) is 69.3 Å². The zero-order valence-corrected chi connectivity index (χ0v) is 15.8. The lowest BCUT2D eigenvalue weighted by molar-refractivity contribution is -0.137. The molecule has 26 heavy (non-hydrogen) atoms. The summed E-state index contributed by atoms with van der Waals surface area (Å²) in [7, 11) is 1.61. The van der Waals surface area contributed by atoms with E-state index in [1.54, 1.807) is 7.11 Å². The van der Waals surface area contributed by atoms with Gasteiger partial charge in [0, 0.05) is 12.8 Å². The summed E-state index contributed by atoms with van der Waals surface area (Å²) >= 11 is 0. The van der Waals surface area contributed by atoms with Gasteiger partial charge in [0.25, 0.3) is 0 Å². The number of hydrogen-bond acceptors (Lipinski definition) is 3. The van der Waals surface area contributed by atoms with Crippen LogP contribution in [0.25, 0.3) is 0 Å². The van der Waals surface area contributed by atoms with Gasteiger partial charge in [0.1, 0.15) is 5.60 Å². The molecule has 0 radical (unpaired) electrons. The van der Waals surface area contributed by atoms with E-state index in [2.05, 4.69) is 10.6 Å². The number of hydrogen-bond donors (Lipinski definition) is 2. The molecule has 0 saturated heterocycles. The summed E-state index contributed by atoms with van der Waals surface area (Å²) in [5.74, 6) is -1.37. The number of methoxy groups -OCH3 is 1. The predicted molar refractivity (Wildman–Crippen MR) is 103 cm³/mol. The van der Waals surface area contributed by atoms with Crippen LogP contribution in [-0.4, -0.2) is 25.5 Å². The largest absolute Gasteiger partial charge is 0.372 e. The molecule has 5 heteroatoms. The summed E-state index contributed by atoms with van der Waals surface area (Å²) in [5.41, 5.74) is 2.78. The third-order valence-corrected chi connectivity index (χ3v) is 4.72. The maximum Gasteiger partial charge on any atom is 0.313 e. The maximum absolute atomic E-state index is 12.3. The molecule has 0 bridgehead atoms. The fourth-order valence-electron chi connectivity index (χ4n) is 2.99. The average molecular weight is 354 g/mol. The Morgan fingerprint density at radius 3 is 2.12 bits per heavy atom. The first-order chi connectivity index (χ1) is 12.4. The molecule has 0 aliphatic carbocycles. The van der Waals surface area contributed by atoms with E-state index in [-0.39, 0.29) is 6.54 Å². The molecule has 0 saturated carbocycles. The molecule has 1 unspecified atom stereocenters. The molecule has 2 aromatic rings. The van der Waals surface area contributed by atoms with Gasteiger partial charge >= 0.3 is 11.8 Å². The van der Waals surface area contributed by atoms with Crippen molar-refractivity contribution in [3.63, 3.8) is 0 Å². The molecule has 0 aromatic heterocycles. The number of benzene rings is 2. The van der Waals surface area contributed by atoms with Gasteiger partial charge in [0.15, 0.2) is 0 Å². The smallest absolute Gasteiger partial charge is 0.313 e. The number of rotatable bonds is 6. The first-order valence-electron chi connectivity index (χ1n) is 8.69. The molecule has 0 spiro atoms. The van der Waals surface area contributed by atoms with E-state index in [4.69, 9.17) is 4.74 Å². The highest BCUT2D eigenvalue weighted by Crippen LogP contribution is 2.28. The van der Waals surface area contributed by atoms with E-state index < -0.39 is 17.4 Å². The number of ether oxygens (including phenoxy) is 1. The lowest BCUT2D eigenvalue weighted by atomic mass is 9.90. The molecular weight excluding hydrogens is 328 g/mol. The number of carbonyl (C=O) groups excluding carboxylic acids is 2. The topological polar surface area (TPSA) is 67.4 Å². The molecule has 1 atom stereocenters. The van der Waals surface area contributed by atoms with E-state index in [9.17, 15) is 9.59 Å². The van der Waals surface area contributed by atoms with Crippen molar-refractivity contribution in [1.82, 2.24) is 5.32 Å². The van der Waals surface area contributed by atoms with Crippen molar-refractivity contribution in [3.05, 3.63) is 65.2 Å². The Morgan fingerprint density at radius 1 is 0.962 bits per heavy atom. The summed E-state index contributed by atoms with van der Waals surface area (Å²) in [6, 6.07) is 15.4. The van der Waals surface area contributed by atoms with Gasteiger partial charge in [-0.15, -0.1) is 0 Å². The molecule has 2 amide bonds. The molecule has 0 fully saturated rings. The van der Waals surface area contributed by atoms with E-state index in [0.29, 0.717) is 12.1 Å². The molecule has 2 N–H and O–H groups in total. The first kappa shape index (κ1) is 19.7. The molecule has 0 heterocycles. The van der Waals surface area contributed by atoms with Crippen LogP contribution in [0.3, 0.4) is 0 Å². The van der Waals surface area contributed by atoms with Crippen LogP contribution in [0.5, 0.6) is 0 Å². The normalized spacial score (nSPS) is 12.9. The number of carbonyl (C=O) groups is 2. The van der Waals surface area contributed by atoms with Crippen LogP contribution in [0.15, 0.2) is 48.5 Å². The summed E-state index contributed by atoms with van der Waals surface area (Å²) in [5, 5.41) is 5.41. The lowest BCUT2D eigenvalue weighted by Crippen LogP contribution is -2.45. The molecular formula is C21H26N2O3. The Balaban J connectivity index is 2.07. The highest BCUT2D eigenvalue weighted by molar-refractivity contribution is 6.39. The fraction of sp³-hybridized carbons (Fsp3) is 0.333. The fourth-order valence-corrected chi connectivity index (χ4v) is 2.99. The standard InChI is InChI=1S/C21H26N2O3/c1-5-21(26-4,17-12-7-6-8-13-17)14-22-19(24)20(25)23-18-15(2)10-9-11-16(18)3/h6-13H,5,14H2,1-4H3,(H,22,24)(H,23,25). The molecule has 2 rings (SSSR count). The lowest BCUT2D eigenvalue weighted by Gasteiger charge is -2.32. The Hall–Kier alpha value is -2.66. The van der Waals surface area contributed by atoms with Crippen molar-refractivity contribution >= 4 is 17.5 Å². The third-order valence-electron chi connectivity index (χ3n) is 4.72. The number of para-hydroxylation sites is 1. The van der Waals surface area contributed by atoms with Crippen LogP contribution < -0.4 is 10.6 Å². The van der Waals surface area contributed by atoms with Gasteiger partial charge in [-0.1, -0.05) is 55.5 Å². The van der Waals surface area contributed by atoms with Crippen molar-refractivity contribution in [2.24, 2.45) is 0 Å². The van der Waals surface area contributed by atoms with Crippen LogP contribution in [0, 0.1) is 13.8 Å². The van der Waals surface area contributed by atoms with Gasteiger partial charge < -0.3 is 15.4 Å². The predicted octanol–water partition coefficient (Wildman–Crippen LogP) is 3.31. The second kappa shape index (κ2) is 8.63. The Morgan fingerprint density at radius 2 is 1.58 bits per heavy atom. The zero-order valence-electron chi connectivity index (χ0n) is 15.8. The summed E-state index contributed by atoms with van der Waals surface area (Å²) in [6.07, 6.45) is 0.659. The molecule has 138 valence electrons. The van der Waals surface area contributed by atoms with Gasteiger partial charge in [-0.2, -0.15) is 0 Å². The highest BCUT2D eigenvalue weighted by atomic mass is 16.5. The number of aryl methyl sites for hydroxylation is 2. The maximum atomic E-state index is 12.3. The van der Waals surface area contributed by atoms with Crippen LogP contribution in [0.1, 0.15) is 30.0 Å². The molecule has 0 aliphatic heterocycles. The second-order valence-corrected chi connectivity index (χ2v) is 6.32. The quantitative estimate of drug-likeness (QED) is 0.782. The van der Waals surface area contributed by atoms with E-state index in [0.717, 1.165) is 16.7 Å². The summed E-state index contributed by atoms with van der Waals surface area (Å²) in [6.45, 7) is 5.98. The SMILES string of the molecule is CCC(CNC(=O)C(=O)Nc1c(C)cccc1C)(OC)c1ccccc1. The zero-order chi connectivity index (χ0) is 19.2. The van der Waals surface area contributed by atoms with E-state index >= 15 is 0 Å². The minimum Gasteiger partial charge on any atom is -0.372 e. The number of amides is 2. The second-order valence-electron chi connectivity index (χ2n) is 6.32. The number of anilines is 1. The molecule has 2 aromatic carbocycles. The van der Waals surface area contributed by atoms with E-state index in [1.165, 1.54) is 0 Å². The summed E-state index contributed by atoms with van der Waals surface area (Å²) < 4.78 is 5.71. The van der Waals surface area contributed by atoms with Gasteiger partial charge in [-0.3, -0.25) is 9.59 Å².